The number of benzene rings is 1. The first-order valence-corrected chi connectivity index (χ1v) is 10.9. The largest absolute Gasteiger partial charge is 0.356 e. The molecule has 1 saturated heterocycles. The number of rotatable bonds is 5. The second kappa shape index (κ2) is 11.8. The summed E-state index contributed by atoms with van der Waals surface area (Å²) in [5.41, 5.74) is 4.51. The van der Waals surface area contributed by atoms with Gasteiger partial charge in [0.2, 0.25) is 0 Å². The lowest BCUT2D eigenvalue weighted by Crippen LogP contribution is -2.48. The van der Waals surface area contributed by atoms with E-state index < -0.39 is 0 Å². The summed E-state index contributed by atoms with van der Waals surface area (Å²) >= 11 is 0. The molecule has 1 fully saturated rings. The summed E-state index contributed by atoms with van der Waals surface area (Å²) in [6.45, 7) is 4.78. The summed E-state index contributed by atoms with van der Waals surface area (Å²) in [4.78, 5) is 15.8. The van der Waals surface area contributed by atoms with Crippen LogP contribution in [0, 0.1) is 6.92 Å². The van der Waals surface area contributed by atoms with Crippen LogP contribution in [0.5, 0.6) is 0 Å². The smallest absolute Gasteiger partial charge is 0.191 e. The lowest BCUT2D eigenvalue weighted by atomic mass is 10.1. The number of pyridine rings is 2. The van der Waals surface area contributed by atoms with Gasteiger partial charge >= 0.3 is 0 Å². The molecule has 3 heterocycles. The predicted molar refractivity (Wildman–Crippen MR) is 143 cm³/mol. The average Bonchev–Trinajstić information content (AvgIpc) is 2.83. The number of guanidine groups is 1. The van der Waals surface area contributed by atoms with Gasteiger partial charge in [0.05, 0.1) is 5.69 Å². The lowest BCUT2D eigenvalue weighted by Gasteiger charge is -2.33. The van der Waals surface area contributed by atoms with Crippen LogP contribution in [-0.2, 0) is 6.54 Å². The van der Waals surface area contributed by atoms with E-state index in [1.54, 1.807) is 0 Å². The molecule has 0 saturated carbocycles. The Morgan fingerprint density at radius 2 is 1.91 bits per heavy atom. The van der Waals surface area contributed by atoms with E-state index >= 15 is 0 Å². The van der Waals surface area contributed by atoms with Crippen LogP contribution in [-0.4, -0.2) is 42.1 Å². The van der Waals surface area contributed by atoms with Crippen molar-refractivity contribution in [2.45, 2.75) is 32.4 Å². The standard InChI is InChI=1S/C25H30N6.HI/c1-19-9-10-24(28-17-19)31-14-11-22(12-15-31)30-25(26-2)29-18-20-6-5-7-21(16-20)23-8-3-4-13-27-23;/h3-10,13,16-17,22H,11-12,14-15,18H2,1-2H3,(H2,26,29,30);1H. The molecule has 0 unspecified atom stereocenters. The Labute approximate surface area is 207 Å². The van der Waals surface area contributed by atoms with Crippen molar-refractivity contribution >= 4 is 35.8 Å². The second-order valence-electron chi connectivity index (χ2n) is 7.94. The Morgan fingerprint density at radius 3 is 2.59 bits per heavy atom. The Bertz CT molecular complexity index is 998. The highest BCUT2D eigenvalue weighted by atomic mass is 127. The second-order valence-corrected chi connectivity index (χ2v) is 7.94. The lowest BCUT2D eigenvalue weighted by molar-refractivity contribution is 0.459. The van der Waals surface area contributed by atoms with Crippen molar-refractivity contribution in [3.63, 3.8) is 0 Å². The summed E-state index contributed by atoms with van der Waals surface area (Å²) in [6.07, 6.45) is 5.89. The summed E-state index contributed by atoms with van der Waals surface area (Å²) < 4.78 is 0. The molecule has 32 heavy (non-hydrogen) atoms. The Balaban J connectivity index is 0.00000289. The van der Waals surface area contributed by atoms with Gasteiger partial charge in [-0.2, -0.15) is 0 Å². The van der Waals surface area contributed by atoms with Crippen molar-refractivity contribution in [2.24, 2.45) is 4.99 Å². The van der Waals surface area contributed by atoms with E-state index in [9.17, 15) is 0 Å². The Hall–Kier alpha value is -2.68. The molecule has 0 aliphatic carbocycles. The van der Waals surface area contributed by atoms with E-state index in [0.29, 0.717) is 12.6 Å². The molecule has 1 aliphatic rings. The normalized spacial score (nSPS) is 14.6. The third-order valence-electron chi connectivity index (χ3n) is 5.63. The van der Waals surface area contributed by atoms with E-state index in [-0.39, 0.29) is 24.0 Å². The SMILES string of the molecule is CN=C(NCc1cccc(-c2ccccn2)c1)NC1CCN(c2ccc(C)cn2)CC1.I. The summed E-state index contributed by atoms with van der Waals surface area (Å²) in [7, 11) is 1.82. The fraction of sp³-hybridized carbons (Fsp3) is 0.320. The van der Waals surface area contributed by atoms with Gasteiger partial charge in [0, 0.05) is 50.7 Å². The predicted octanol–water partition coefficient (Wildman–Crippen LogP) is 4.40. The van der Waals surface area contributed by atoms with E-state index in [1.165, 1.54) is 11.1 Å². The van der Waals surface area contributed by atoms with Crippen molar-refractivity contribution in [1.82, 2.24) is 20.6 Å². The Kier molecular flexibility index (Phi) is 8.84. The molecule has 1 aliphatic heterocycles. The summed E-state index contributed by atoms with van der Waals surface area (Å²) in [6, 6.07) is 19.1. The first kappa shape index (κ1) is 24.0. The number of hydrogen-bond acceptors (Lipinski definition) is 4. The number of aromatic nitrogens is 2. The van der Waals surface area contributed by atoms with Crippen LogP contribution >= 0.6 is 24.0 Å². The van der Waals surface area contributed by atoms with Crippen LogP contribution in [0.3, 0.4) is 0 Å². The zero-order valence-electron chi connectivity index (χ0n) is 18.7. The molecule has 0 spiro atoms. The van der Waals surface area contributed by atoms with Gasteiger partial charge in [0.15, 0.2) is 5.96 Å². The number of piperidine rings is 1. The zero-order chi connectivity index (χ0) is 21.5. The number of nitrogens with one attached hydrogen (secondary N) is 2. The van der Waals surface area contributed by atoms with Crippen LogP contribution in [0.25, 0.3) is 11.3 Å². The number of nitrogens with zero attached hydrogens (tertiary/aromatic N) is 4. The monoisotopic (exact) mass is 542 g/mol. The van der Waals surface area contributed by atoms with Crippen molar-refractivity contribution < 1.29 is 0 Å². The van der Waals surface area contributed by atoms with Gasteiger partial charge in [0.1, 0.15) is 5.82 Å². The number of anilines is 1. The molecule has 4 rings (SSSR count). The van der Waals surface area contributed by atoms with Gasteiger partial charge in [-0.25, -0.2) is 4.98 Å². The summed E-state index contributed by atoms with van der Waals surface area (Å²) in [5.74, 6) is 1.91. The number of aryl methyl sites for hydroxylation is 1. The van der Waals surface area contributed by atoms with Crippen LogP contribution < -0.4 is 15.5 Å². The molecule has 0 amide bonds. The molecule has 2 N–H and O–H groups in total. The maximum Gasteiger partial charge on any atom is 0.191 e. The van der Waals surface area contributed by atoms with Crippen LogP contribution in [0.4, 0.5) is 5.82 Å². The average molecular weight is 542 g/mol. The maximum atomic E-state index is 4.56. The Morgan fingerprint density at radius 1 is 1.06 bits per heavy atom. The number of halogens is 1. The molecule has 0 radical (unpaired) electrons. The number of hydrogen-bond donors (Lipinski definition) is 2. The molecule has 168 valence electrons. The van der Waals surface area contributed by atoms with Crippen molar-refractivity contribution in [2.75, 3.05) is 25.0 Å². The summed E-state index contributed by atoms with van der Waals surface area (Å²) in [5, 5.41) is 7.04. The zero-order valence-corrected chi connectivity index (χ0v) is 21.0. The van der Waals surface area contributed by atoms with Crippen molar-refractivity contribution in [3.05, 3.63) is 78.1 Å². The van der Waals surface area contributed by atoms with Gasteiger partial charge in [-0.1, -0.05) is 30.3 Å². The highest BCUT2D eigenvalue weighted by Crippen LogP contribution is 2.19. The minimum absolute atomic E-state index is 0. The van der Waals surface area contributed by atoms with Crippen LogP contribution in [0.15, 0.2) is 72.0 Å². The van der Waals surface area contributed by atoms with E-state index in [2.05, 4.69) is 73.8 Å². The molecular weight excluding hydrogens is 511 g/mol. The molecule has 0 bridgehead atoms. The molecule has 7 heteroatoms. The molecule has 3 aromatic rings. The fourth-order valence-electron chi connectivity index (χ4n) is 3.85. The third kappa shape index (κ3) is 6.41. The van der Waals surface area contributed by atoms with E-state index in [4.69, 9.17) is 0 Å². The minimum atomic E-state index is 0. The van der Waals surface area contributed by atoms with Gasteiger partial charge in [-0.15, -0.1) is 24.0 Å². The van der Waals surface area contributed by atoms with Crippen LogP contribution in [0.2, 0.25) is 0 Å². The van der Waals surface area contributed by atoms with Crippen molar-refractivity contribution in [3.8, 4) is 11.3 Å². The molecule has 2 aromatic heterocycles. The molecule has 1 aromatic carbocycles. The highest BCUT2D eigenvalue weighted by molar-refractivity contribution is 14.0. The molecular formula is C25H31IN6. The van der Waals surface area contributed by atoms with Gasteiger partial charge < -0.3 is 15.5 Å². The molecule has 0 atom stereocenters. The topological polar surface area (TPSA) is 65.4 Å². The maximum absolute atomic E-state index is 4.56. The van der Waals surface area contributed by atoms with Gasteiger partial charge in [-0.3, -0.25) is 9.98 Å². The van der Waals surface area contributed by atoms with E-state index in [1.807, 2.05) is 37.6 Å². The van der Waals surface area contributed by atoms with Crippen molar-refractivity contribution in [1.29, 1.82) is 0 Å². The first-order chi connectivity index (χ1) is 15.2. The minimum Gasteiger partial charge on any atom is -0.356 e. The van der Waals surface area contributed by atoms with E-state index in [0.717, 1.165) is 49.0 Å². The quantitative estimate of drug-likeness (QED) is 0.284. The van der Waals surface area contributed by atoms with Gasteiger partial charge in [-0.05, 0) is 55.2 Å². The number of aliphatic imine (C=N–C) groups is 1. The fourth-order valence-corrected chi connectivity index (χ4v) is 3.85. The highest BCUT2D eigenvalue weighted by Gasteiger charge is 2.20. The van der Waals surface area contributed by atoms with Gasteiger partial charge in [0.25, 0.3) is 0 Å². The first-order valence-electron chi connectivity index (χ1n) is 10.9. The third-order valence-corrected chi connectivity index (χ3v) is 5.63. The molecule has 6 nitrogen and oxygen atoms in total. The van der Waals surface area contributed by atoms with Crippen LogP contribution in [0.1, 0.15) is 24.0 Å².